The van der Waals surface area contributed by atoms with E-state index in [0.717, 1.165) is 34.2 Å². The van der Waals surface area contributed by atoms with Gasteiger partial charge in [-0.2, -0.15) is 0 Å². The van der Waals surface area contributed by atoms with E-state index in [1.54, 1.807) is 47.8 Å². The number of sulfone groups is 1. The van der Waals surface area contributed by atoms with Crippen LogP contribution in [0.3, 0.4) is 0 Å². The third-order valence-electron chi connectivity index (χ3n) is 14.0. The van der Waals surface area contributed by atoms with Crippen LogP contribution in [0.4, 0.5) is 20.3 Å². The lowest BCUT2D eigenvalue weighted by atomic mass is 9.91. The van der Waals surface area contributed by atoms with Gasteiger partial charge >= 0.3 is 0 Å². The molecule has 0 saturated carbocycles. The van der Waals surface area contributed by atoms with E-state index >= 15 is 4.39 Å². The number of nitrogens with zero attached hydrogens (tertiary/aromatic N) is 7. The number of rotatable bonds is 17. The van der Waals surface area contributed by atoms with Crippen LogP contribution in [0.1, 0.15) is 90.9 Å². The number of thiazole rings is 1. The number of carbonyl (C=O) groups is 2. The van der Waals surface area contributed by atoms with Crippen LogP contribution in [0, 0.1) is 24.5 Å². The van der Waals surface area contributed by atoms with Crippen LogP contribution in [-0.4, -0.2) is 98.8 Å². The van der Waals surface area contributed by atoms with Gasteiger partial charge in [0.15, 0.2) is 33.1 Å². The second-order valence-corrected chi connectivity index (χ2v) is 23.1. The minimum atomic E-state index is -3.70. The third kappa shape index (κ3) is 10.2. The number of hydrogen-bond acceptors (Lipinski definition) is 16. The van der Waals surface area contributed by atoms with Gasteiger partial charge in [-0.1, -0.05) is 43.3 Å². The van der Waals surface area contributed by atoms with Crippen molar-refractivity contribution < 1.29 is 46.0 Å². The summed E-state index contributed by atoms with van der Waals surface area (Å²) in [6, 6.07) is 12.7. The highest BCUT2D eigenvalue weighted by molar-refractivity contribution is 7.89. The molecule has 0 radical (unpaired) electrons. The van der Waals surface area contributed by atoms with Crippen molar-refractivity contribution in [2.75, 3.05) is 30.9 Å². The first-order valence-corrected chi connectivity index (χ1v) is 27.8. The summed E-state index contributed by atoms with van der Waals surface area (Å²) in [5.74, 6) is -3.46. The van der Waals surface area contributed by atoms with Gasteiger partial charge in [0, 0.05) is 91.9 Å². The molecule has 5 aromatic heterocycles. The van der Waals surface area contributed by atoms with E-state index in [1.807, 2.05) is 57.5 Å². The van der Waals surface area contributed by atoms with Gasteiger partial charge in [-0.3, -0.25) is 14.4 Å². The van der Waals surface area contributed by atoms with Crippen LogP contribution in [0.5, 0.6) is 5.88 Å². The average molecular weight is 1080 g/mol. The number of H-pyrrole nitrogens is 1. The molecule has 3 aliphatic rings. The van der Waals surface area contributed by atoms with Gasteiger partial charge in [0.1, 0.15) is 17.3 Å². The number of hydrogen-bond donors (Lipinski definition) is 4. The number of aliphatic hydroxyl groups is 1. The Balaban J connectivity index is 0.770. The first kappa shape index (κ1) is 52.0. The topological polar surface area (TPSA) is 239 Å². The molecular weight excluding hydrogens is 1020 g/mol. The molecule has 2 amide bonds. The maximum atomic E-state index is 15.6. The largest absolute Gasteiger partial charge is 0.476 e. The SMILES string of the molecule is Cc1ncsc1-c1ccc([C@]2(C)NC(C3C[C@@H](O)CN3C(=O)[C@@H](c3cc(OCCCCCNC(=O)c4cc5c(cc4CS(C)(=O)=O)-c4cn(C)c(=O)c6[nH]cc(c46)CN5c4ncc(F)cc4F)no3)C(C)C)=NO2)cc1. The molecule has 4 N–H and O–H groups in total. The highest BCUT2D eigenvalue weighted by Crippen LogP contribution is 2.45. The van der Waals surface area contributed by atoms with Gasteiger partial charge in [-0.25, -0.2) is 27.2 Å². The Kier molecular flexibility index (Phi) is 14.1. The van der Waals surface area contributed by atoms with Crippen LogP contribution >= 0.6 is 11.3 Å². The molecule has 0 bridgehead atoms. The van der Waals surface area contributed by atoms with E-state index < -0.39 is 56.9 Å². The summed E-state index contributed by atoms with van der Waals surface area (Å²) in [7, 11) is -2.12. The molecule has 0 spiro atoms. The molecule has 76 heavy (non-hydrogen) atoms. The lowest BCUT2D eigenvalue weighted by molar-refractivity contribution is -0.134. The third-order valence-corrected chi connectivity index (χ3v) is 15.9. The minimum Gasteiger partial charge on any atom is -0.476 e. The lowest BCUT2D eigenvalue weighted by Gasteiger charge is -2.30. The molecule has 2 aromatic carbocycles. The number of benzene rings is 2. The van der Waals surface area contributed by atoms with Crippen molar-refractivity contribution in [3.05, 3.63) is 128 Å². The zero-order valence-corrected chi connectivity index (χ0v) is 44.2. The molecule has 4 atom stereocenters. The number of aryl methyl sites for hydroxylation is 2. The Morgan fingerprint density at radius 2 is 1.87 bits per heavy atom. The van der Waals surface area contributed by atoms with Crippen LogP contribution < -0.4 is 25.8 Å². The fraction of sp³-hybridized carbons (Fsp3) is 0.377. The monoisotopic (exact) mass is 1080 g/mol. The van der Waals surface area contributed by atoms with Gasteiger partial charge < -0.3 is 49.2 Å². The van der Waals surface area contributed by atoms with E-state index in [4.69, 9.17) is 14.1 Å². The van der Waals surface area contributed by atoms with Crippen LogP contribution in [0.25, 0.3) is 32.5 Å². The number of pyridine rings is 2. The number of amides is 2. The van der Waals surface area contributed by atoms with E-state index in [2.05, 4.69) is 35.9 Å². The number of carbonyl (C=O) groups excluding carboxylic acids is 2. The van der Waals surface area contributed by atoms with Crippen LogP contribution in [0.2, 0.25) is 0 Å². The number of halogens is 2. The molecule has 7 aromatic rings. The van der Waals surface area contributed by atoms with Crippen LogP contribution in [-0.2, 0) is 44.5 Å². The summed E-state index contributed by atoms with van der Waals surface area (Å²) >= 11 is 1.57. The van der Waals surface area contributed by atoms with Gasteiger partial charge in [0.2, 0.25) is 11.6 Å². The Morgan fingerprint density at radius 1 is 1.08 bits per heavy atom. The number of unbranched alkanes of at least 4 members (excludes halogenated alkanes) is 2. The molecular formula is C53H56F2N10O9S2. The Labute approximate surface area is 439 Å². The lowest BCUT2D eigenvalue weighted by Crippen LogP contribution is -2.50. The number of aromatic nitrogens is 5. The number of anilines is 2. The van der Waals surface area contributed by atoms with E-state index in [0.29, 0.717) is 64.7 Å². The Hall–Kier alpha value is -7.50. The van der Waals surface area contributed by atoms with Crippen LogP contribution in [0.15, 0.2) is 87.1 Å². The Morgan fingerprint density at radius 3 is 2.59 bits per heavy atom. The molecule has 23 heteroatoms. The molecule has 1 fully saturated rings. The second kappa shape index (κ2) is 20.6. The highest BCUT2D eigenvalue weighted by atomic mass is 32.2. The molecule has 1 saturated heterocycles. The van der Waals surface area contributed by atoms with Crippen molar-refractivity contribution in [3.8, 4) is 27.4 Å². The molecule has 1 unspecified atom stereocenters. The fourth-order valence-corrected chi connectivity index (χ4v) is 11.9. The summed E-state index contributed by atoms with van der Waals surface area (Å²) in [5.41, 5.74) is 5.68. The molecule has 10 rings (SSSR count). The van der Waals surface area contributed by atoms with Gasteiger partial charge in [0.25, 0.3) is 17.3 Å². The number of β-amino-alcohol motifs (C(OH)–C–C–N with tert-alkyl or cyclic N) is 1. The van der Waals surface area contributed by atoms with Gasteiger partial charge in [0.05, 0.1) is 59.0 Å². The quantitative estimate of drug-likeness (QED) is 0.0655. The summed E-state index contributed by atoms with van der Waals surface area (Å²) in [5, 5.41) is 26.2. The standard InChI is InChI=1S/C53H56F2N10O9S2/c1-28(2)44(51(68)65-24-35(66)18-41(65)48-60-53(4,74-62-48)33-12-10-30(11-13-33)47-29(3)59-27-75-47)42-20-43(61-73-42)72-15-9-7-8-14-56-50(67)36-19-40-37(16-31(36)26-76(6,70)71)38-25-63(5)52(69)46-45(38)32(21-57-46)23-64(40)49-39(55)17-34(54)22-58-49/h10-13,16-17,19-22,25,27-28,35,41,44,57,66H,7-9,14-15,18,23-24,26H2,1-6H3,(H,56,67)(H,60,62)/t35-,41?,44-,53-/m1/s1. The second-order valence-electron chi connectivity index (χ2n) is 20.1. The maximum Gasteiger partial charge on any atom is 0.274 e. The van der Waals surface area contributed by atoms with Crippen molar-refractivity contribution in [1.82, 2.24) is 40.2 Å². The number of aromatic amines is 1. The summed E-state index contributed by atoms with van der Waals surface area (Å²) < 4.78 is 68.5. The first-order valence-electron chi connectivity index (χ1n) is 24.8. The molecule has 3 aliphatic heterocycles. The van der Waals surface area contributed by atoms with Crippen molar-refractivity contribution in [3.63, 3.8) is 0 Å². The first-order chi connectivity index (χ1) is 36.3. The number of likely N-dealkylation sites (tertiary alicyclic amines) is 1. The van der Waals surface area contributed by atoms with Crippen molar-refractivity contribution >= 4 is 61.2 Å². The highest BCUT2D eigenvalue weighted by Gasteiger charge is 2.47. The van der Waals surface area contributed by atoms with E-state index in [9.17, 15) is 32.3 Å². The van der Waals surface area contributed by atoms with Gasteiger partial charge in [-0.15, -0.1) is 11.3 Å². The van der Waals surface area contributed by atoms with E-state index in [1.165, 1.54) is 15.5 Å². The maximum absolute atomic E-state index is 15.6. The molecule has 0 aliphatic carbocycles. The predicted molar refractivity (Wildman–Crippen MR) is 281 cm³/mol. The molecule has 8 heterocycles. The number of ether oxygens (including phenoxy) is 1. The number of oxime groups is 1. The zero-order chi connectivity index (χ0) is 53.8. The van der Waals surface area contributed by atoms with Crippen molar-refractivity contribution in [2.45, 2.75) is 89.5 Å². The van der Waals surface area contributed by atoms with E-state index in [-0.39, 0.29) is 78.4 Å². The average Bonchev–Trinajstić information content (AvgIpc) is 4.34. The number of amidine groups is 1. The summed E-state index contributed by atoms with van der Waals surface area (Å²) in [4.78, 5) is 63.3. The zero-order valence-electron chi connectivity index (χ0n) is 42.5. The number of fused-ring (bicyclic) bond motifs is 2. The number of nitrogens with one attached hydrogen (secondary N) is 3. The summed E-state index contributed by atoms with van der Waals surface area (Å²) in [6.07, 6.45) is 6.33. The van der Waals surface area contributed by atoms with Crippen molar-refractivity contribution in [2.24, 2.45) is 18.1 Å². The molecule has 19 nitrogen and oxygen atoms in total. The van der Waals surface area contributed by atoms with Gasteiger partial charge in [-0.05, 0) is 66.1 Å². The molecule has 398 valence electrons. The minimum absolute atomic E-state index is 0.0235. The number of aliphatic hydroxyl groups excluding tert-OH is 1. The fourth-order valence-electron chi connectivity index (χ4n) is 10.3. The van der Waals surface area contributed by atoms with Crippen molar-refractivity contribution in [1.29, 1.82) is 0 Å². The normalized spacial score (nSPS) is 18.6. The Bertz CT molecular complexity index is 3590. The summed E-state index contributed by atoms with van der Waals surface area (Å²) in [6.45, 7) is 8.16. The smallest absolute Gasteiger partial charge is 0.274 e. The predicted octanol–water partition coefficient (Wildman–Crippen LogP) is 7.31.